The molecule has 1 rings (SSSR count). The lowest BCUT2D eigenvalue weighted by molar-refractivity contribution is -0.130. The average molecular weight is 246 g/mol. The van der Waals surface area contributed by atoms with Gasteiger partial charge in [0, 0.05) is 13.1 Å². The van der Waals surface area contributed by atoms with Gasteiger partial charge in [-0.15, -0.1) is 0 Å². The molecule has 0 fully saturated rings. The molecule has 0 radical (unpaired) electrons. The Labute approximate surface area is 108 Å². The van der Waals surface area contributed by atoms with E-state index in [0.717, 1.165) is 11.3 Å². The van der Waals surface area contributed by atoms with E-state index in [9.17, 15) is 4.79 Å². The minimum absolute atomic E-state index is 0.00556. The number of likely N-dealkylation sites (N-methyl/N-ethyl adjacent to an activating group) is 1. The first-order chi connectivity index (χ1) is 8.58. The number of hydrogen-bond acceptors (Lipinski definition) is 3. The number of ether oxygens (including phenoxy) is 1. The highest BCUT2D eigenvalue weighted by atomic mass is 16.5. The van der Waals surface area contributed by atoms with Gasteiger partial charge in [-0.05, 0) is 24.6 Å². The molecule has 18 heavy (non-hydrogen) atoms. The summed E-state index contributed by atoms with van der Waals surface area (Å²) >= 11 is 0. The lowest BCUT2D eigenvalue weighted by Gasteiger charge is -2.23. The molecule has 1 atom stereocenters. The molecule has 0 aliphatic carbocycles. The summed E-state index contributed by atoms with van der Waals surface area (Å²) in [6, 6.07) is 9.45. The van der Waals surface area contributed by atoms with Gasteiger partial charge in [0.25, 0.3) is 0 Å². The summed E-state index contributed by atoms with van der Waals surface area (Å²) in [4.78, 5) is 13.6. The van der Waals surface area contributed by atoms with Crippen LogP contribution in [0.1, 0.15) is 18.9 Å². The van der Waals surface area contributed by atoms with Gasteiger partial charge in [0.2, 0.25) is 5.91 Å². The fourth-order valence-electron chi connectivity index (χ4n) is 1.60. The highest BCUT2D eigenvalue weighted by Gasteiger charge is 2.15. The molecular weight excluding hydrogens is 228 g/mol. The zero-order chi connectivity index (χ0) is 13.5. The van der Waals surface area contributed by atoms with Gasteiger partial charge in [-0.1, -0.05) is 12.1 Å². The van der Waals surface area contributed by atoms with Crippen molar-refractivity contribution in [3.8, 4) is 11.8 Å². The Hall–Kier alpha value is -2.02. The molecule has 0 saturated heterocycles. The van der Waals surface area contributed by atoms with E-state index in [4.69, 9.17) is 10.00 Å². The van der Waals surface area contributed by atoms with Gasteiger partial charge in [0.05, 0.1) is 26.0 Å². The Morgan fingerprint density at radius 3 is 2.89 bits per heavy atom. The van der Waals surface area contributed by atoms with Crippen molar-refractivity contribution in [2.45, 2.75) is 25.8 Å². The monoisotopic (exact) mass is 246 g/mol. The largest absolute Gasteiger partial charge is 0.497 e. The van der Waals surface area contributed by atoms with Crippen LogP contribution in [0.5, 0.6) is 5.75 Å². The maximum atomic E-state index is 12.0. The van der Waals surface area contributed by atoms with Crippen LogP contribution < -0.4 is 4.74 Å². The minimum Gasteiger partial charge on any atom is -0.497 e. The maximum Gasteiger partial charge on any atom is 0.227 e. The number of amides is 1. The number of hydrogen-bond donors (Lipinski definition) is 0. The molecule has 0 spiro atoms. The first kappa shape index (κ1) is 14.0. The van der Waals surface area contributed by atoms with Gasteiger partial charge in [-0.25, -0.2) is 0 Å². The summed E-state index contributed by atoms with van der Waals surface area (Å²) < 4.78 is 5.11. The highest BCUT2D eigenvalue weighted by Crippen LogP contribution is 2.14. The third-order valence-electron chi connectivity index (χ3n) is 2.93. The van der Waals surface area contributed by atoms with E-state index in [2.05, 4.69) is 6.07 Å². The van der Waals surface area contributed by atoms with Crippen LogP contribution in [0.3, 0.4) is 0 Å². The first-order valence-electron chi connectivity index (χ1n) is 5.84. The molecule has 0 saturated carbocycles. The van der Waals surface area contributed by atoms with E-state index in [1.54, 1.807) is 19.1 Å². The second-order valence-electron chi connectivity index (χ2n) is 4.24. The van der Waals surface area contributed by atoms with Crippen LogP contribution in [-0.2, 0) is 11.2 Å². The topological polar surface area (TPSA) is 53.3 Å². The van der Waals surface area contributed by atoms with Crippen LogP contribution >= 0.6 is 0 Å². The first-order valence-corrected chi connectivity index (χ1v) is 5.84. The predicted molar refractivity (Wildman–Crippen MR) is 69.2 cm³/mol. The summed E-state index contributed by atoms with van der Waals surface area (Å²) in [6.45, 7) is 1.87. The van der Waals surface area contributed by atoms with E-state index in [-0.39, 0.29) is 11.9 Å². The number of nitriles is 1. The Balaban J connectivity index is 2.66. The third kappa shape index (κ3) is 3.77. The second kappa shape index (κ2) is 6.65. The van der Waals surface area contributed by atoms with Gasteiger partial charge in [-0.2, -0.15) is 5.26 Å². The summed E-state index contributed by atoms with van der Waals surface area (Å²) in [5.41, 5.74) is 0.912. The Bertz CT molecular complexity index is 451. The second-order valence-corrected chi connectivity index (χ2v) is 4.24. The average Bonchev–Trinajstić information content (AvgIpc) is 2.38. The Morgan fingerprint density at radius 1 is 1.56 bits per heavy atom. The molecule has 0 heterocycles. The van der Waals surface area contributed by atoms with Crippen molar-refractivity contribution in [1.82, 2.24) is 4.90 Å². The smallest absolute Gasteiger partial charge is 0.227 e. The quantitative estimate of drug-likeness (QED) is 0.798. The van der Waals surface area contributed by atoms with Crippen LogP contribution in [0.2, 0.25) is 0 Å². The summed E-state index contributed by atoms with van der Waals surface area (Å²) in [6.07, 6.45) is 0.670. The molecule has 0 aliphatic heterocycles. The van der Waals surface area contributed by atoms with Crippen molar-refractivity contribution in [1.29, 1.82) is 5.26 Å². The molecule has 1 aromatic rings. The maximum absolute atomic E-state index is 12.0. The standard InChI is InChI=1S/C14H18N2O2/c1-11(7-8-15)16(2)14(17)10-12-5-4-6-13(9-12)18-3/h4-6,9,11H,7,10H2,1-3H3. The molecule has 4 nitrogen and oxygen atoms in total. The van der Waals surface area contributed by atoms with E-state index in [1.165, 1.54) is 0 Å². The zero-order valence-electron chi connectivity index (χ0n) is 11.0. The molecule has 96 valence electrons. The minimum atomic E-state index is -0.0619. The third-order valence-corrected chi connectivity index (χ3v) is 2.93. The van der Waals surface area contributed by atoms with Crippen molar-refractivity contribution in [3.05, 3.63) is 29.8 Å². The number of benzene rings is 1. The highest BCUT2D eigenvalue weighted by molar-refractivity contribution is 5.78. The molecular formula is C14H18N2O2. The molecule has 1 unspecified atom stereocenters. The molecule has 0 aromatic heterocycles. The van der Waals surface area contributed by atoms with Crippen molar-refractivity contribution in [2.75, 3.05) is 14.2 Å². The van der Waals surface area contributed by atoms with Crippen LogP contribution in [-0.4, -0.2) is 31.0 Å². The summed E-state index contributed by atoms with van der Waals surface area (Å²) in [5, 5.41) is 8.62. The van der Waals surface area contributed by atoms with Crippen LogP contribution in [0, 0.1) is 11.3 Å². The van der Waals surface area contributed by atoms with E-state index in [1.807, 2.05) is 31.2 Å². The van der Waals surface area contributed by atoms with E-state index >= 15 is 0 Å². The SMILES string of the molecule is COc1cccc(CC(=O)N(C)C(C)CC#N)c1. The van der Waals surface area contributed by atoms with Crippen molar-refractivity contribution in [3.63, 3.8) is 0 Å². The number of rotatable bonds is 5. The summed E-state index contributed by atoms with van der Waals surface area (Å²) in [5.74, 6) is 0.749. The fraction of sp³-hybridized carbons (Fsp3) is 0.429. The molecule has 1 amide bonds. The Kier molecular flexibility index (Phi) is 5.19. The van der Waals surface area contributed by atoms with Crippen LogP contribution in [0.25, 0.3) is 0 Å². The van der Waals surface area contributed by atoms with Crippen molar-refractivity contribution in [2.24, 2.45) is 0 Å². The fourth-order valence-corrected chi connectivity index (χ4v) is 1.60. The molecule has 1 aromatic carbocycles. The molecule has 0 bridgehead atoms. The summed E-state index contributed by atoms with van der Waals surface area (Å²) in [7, 11) is 3.33. The predicted octanol–water partition coefficient (Wildman–Crippen LogP) is 2.00. The van der Waals surface area contributed by atoms with E-state index in [0.29, 0.717) is 12.8 Å². The molecule has 4 heteroatoms. The van der Waals surface area contributed by atoms with Crippen molar-refractivity contribution >= 4 is 5.91 Å². The van der Waals surface area contributed by atoms with Gasteiger partial charge < -0.3 is 9.64 Å². The zero-order valence-corrected chi connectivity index (χ0v) is 11.0. The molecule has 0 aliphatic rings. The number of carbonyl (C=O) groups is 1. The van der Waals surface area contributed by atoms with Gasteiger partial charge >= 0.3 is 0 Å². The lowest BCUT2D eigenvalue weighted by Crippen LogP contribution is -2.35. The van der Waals surface area contributed by atoms with Crippen LogP contribution in [0.15, 0.2) is 24.3 Å². The van der Waals surface area contributed by atoms with Gasteiger partial charge in [-0.3, -0.25) is 4.79 Å². The normalized spacial score (nSPS) is 11.4. The van der Waals surface area contributed by atoms with Crippen molar-refractivity contribution < 1.29 is 9.53 Å². The lowest BCUT2D eigenvalue weighted by atomic mass is 10.1. The molecule has 0 N–H and O–H groups in total. The van der Waals surface area contributed by atoms with Gasteiger partial charge in [0.15, 0.2) is 0 Å². The van der Waals surface area contributed by atoms with E-state index < -0.39 is 0 Å². The number of carbonyl (C=O) groups excluding carboxylic acids is 1. The van der Waals surface area contributed by atoms with Crippen LogP contribution in [0.4, 0.5) is 0 Å². The number of methoxy groups -OCH3 is 1. The number of nitrogens with zero attached hydrogens (tertiary/aromatic N) is 2. The Morgan fingerprint density at radius 2 is 2.28 bits per heavy atom. The van der Waals surface area contributed by atoms with Gasteiger partial charge in [0.1, 0.15) is 5.75 Å².